The van der Waals surface area contributed by atoms with Gasteiger partial charge >= 0.3 is 6.03 Å². The number of hydrogen-bond donors (Lipinski definition) is 1. The molecule has 5 nitrogen and oxygen atoms in total. The molecule has 2 fully saturated rings. The molecule has 0 aromatic rings. The first kappa shape index (κ1) is 10.3. The highest BCUT2D eigenvalue weighted by molar-refractivity contribution is 5.79. The van der Waals surface area contributed by atoms with E-state index in [9.17, 15) is 9.59 Å². The Kier molecular flexibility index (Phi) is 3.08. The van der Waals surface area contributed by atoms with Gasteiger partial charge in [0.05, 0.1) is 0 Å². The van der Waals surface area contributed by atoms with E-state index in [0.29, 0.717) is 26.1 Å². The topological polar surface area (TPSA) is 52.7 Å². The zero-order valence-electron chi connectivity index (χ0n) is 8.87. The molecule has 0 unspecified atom stereocenters. The van der Waals surface area contributed by atoms with Gasteiger partial charge < -0.3 is 15.1 Å². The van der Waals surface area contributed by atoms with Crippen molar-refractivity contribution in [1.82, 2.24) is 15.1 Å². The molecule has 0 bridgehead atoms. The maximum absolute atomic E-state index is 12.0. The van der Waals surface area contributed by atoms with Gasteiger partial charge in [-0.15, -0.1) is 0 Å². The van der Waals surface area contributed by atoms with Crippen molar-refractivity contribution in [3.05, 3.63) is 0 Å². The molecule has 3 amide bonds. The lowest BCUT2D eigenvalue weighted by molar-refractivity contribution is -0.120. The van der Waals surface area contributed by atoms with Crippen molar-refractivity contribution < 1.29 is 9.59 Å². The summed E-state index contributed by atoms with van der Waals surface area (Å²) in [5.41, 5.74) is 0. The normalized spacial score (nSPS) is 22.5. The minimum Gasteiger partial charge on any atom is -0.354 e. The number of urea groups is 1. The van der Waals surface area contributed by atoms with Gasteiger partial charge in [-0.2, -0.15) is 0 Å². The minimum absolute atomic E-state index is 0.0479. The molecule has 2 aliphatic heterocycles. The number of amides is 3. The Balaban J connectivity index is 1.91. The predicted molar refractivity (Wildman–Crippen MR) is 55.4 cm³/mol. The molecule has 0 saturated carbocycles. The van der Waals surface area contributed by atoms with Gasteiger partial charge in [0.1, 0.15) is 0 Å². The Morgan fingerprint density at radius 2 is 1.73 bits per heavy atom. The van der Waals surface area contributed by atoms with Gasteiger partial charge in [0.2, 0.25) is 5.91 Å². The number of carbonyl (C=O) groups is 2. The number of nitrogens with one attached hydrogen (secondary N) is 1. The number of likely N-dealkylation sites (tertiary alicyclic amines) is 1. The largest absolute Gasteiger partial charge is 0.354 e. The van der Waals surface area contributed by atoms with Crippen molar-refractivity contribution in [1.29, 1.82) is 0 Å². The number of carbonyl (C=O) groups excluding carboxylic acids is 2. The van der Waals surface area contributed by atoms with Crippen LogP contribution in [0.4, 0.5) is 4.79 Å². The Bertz CT molecular complexity index is 261. The summed E-state index contributed by atoms with van der Waals surface area (Å²) in [6.45, 7) is 3.52. The van der Waals surface area contributed by atoms with E-state index in [0.717, 1.165) is 25.9 Å². The van der Waals surface area contributed by atoms with Crippen molar-refractivity contribution in [3.8, 4) is 0 Å². The molecule has 0 aromatic carbocycles. The molecule has 2 heterocycles. The Morgan fingerprint density at radius 3 is 2.47 bits per heavy atom. The lowest BCUT2D eigenvalue weighted by Gasteiger charge is -2.25. The molecule has 0 atom stereocenters. The van der Waals surface area contributed by atoms with Crippen LogP contribution in [0.3, 0.4) is 0 Å². The second-order valence-electron chi connectivity index (χ2n) is 4.06. The summed E-state index contributed by atoms with van der Waals surface area (Å²) in [7, 11) is 0. The van der Waals surface area contributed by atoms with E-state index in [1.807, 2.05) is 4.90 Å². The van der Waals surface area contributed by atoms with E-state index in [4.69, 9.17) is 0 Å². The first-order valence-electron chi connectivity index (χ1n) is 5.58. The number of rotatable bonds is 0. The van der Waals surface area contributed by atoms with Crippen molar-refractivity contribution in [2.75, 3.05) is 32.7 Å². The molecular formula is C10H17N3O2. The van der Waals surface area contributed by atoms with Gasteiger partial charge in [0, 0.05) is 39.1 Å². The van der Waals surface area contributed by atoms with E-state index < -0.39 is 0 Å². The number of nitrogens with zero attached hydrogens (tertiary/aromatic N) is 2. The third-order valence-electron chi connectivity index (χ3n) is 2.96. The molecule has 5 heteroatoms. The fourth-order valence-corrected chi connectivity index (χ4v) is 2.07. The number of hydrogen-bond acceptors (Lipinski definition) is 2. The van der Waals surface area contributed by atoms with Crippen LogP contribution in [-0.4, -0.2) is 54.5 Å². The first-order chi connectivity index (χ1) is 7.27. The third-order valence-corrected chi connectivity index (χ3v) is 2.96. The maximum Gasteiger partial charge on any atom is 0.320 e. The second kappa shape index (κ2) is 4.51. The third kappa shape index (κ3) is 2.40. The highest BCUT2D eigenvalue weighted by atomic mass is 16.2. The van der Waals surface area contributed by atoms with Gasteiger partial charge in [0.25, 0.3) is 0 Å². The van der Waals surface area contributed by atoms with Crippen LogP contribution in [0, 0.1) is 0 Å². The lowest BCUT2D eigenvalue weighted by Crippen LogP contribution is -2.43. The molecule has 15 heavy (non-hydrogen) atoms. The van der Waals surface area contributed by atoms with Crippen LogP contribution < -0.4 is 5.32 Å². The average Bonchev–Trinajstić information content (AvgIpc) is 2.67. The molecule has 2 saturated heterocycles. The molecule has 1 N–H and O–H groups in total. The van der Waals surface area contributed by atoms with Gasteiger partial charge in [-0.3, -0.25) is 4.79 Å². The minimum atomic E-state index is 0.0479. The first-order valence-corrected chi connectivity index (χ1v) is 5.58. The van der Waals surface area contributed by atoms with Crippen LogP contribution >= 0.6 is 0 Å². The molecule has 0 aromatic heterocycles. The Labute approximate surface area is 89.4 Å². The predicted octanol–water partition coefficient (Wildman–Crippen LogP) is 0.0241. The lowest BCUT2D eigenvalue weighted by atomic mass is 10.4. The van der Waals surface area contributed by atoms with Gasteiger partial charge in [-0.05, 0) is 12.8 Å². The average molecular weight is 211 g/mol. The van der Waals surface area contributed by atoms with Crippen LogP contribution in [0.25, 0.3) is 0 Å². The van der Waals surface area contributed by atoms with Crippen molar-refractivity contribution in [2.24, 2.45) is 0 Å². The van der Waals surface area contributed by atoms with E-state index >= 15 is 0 Å². The van der Waals surface area contributed by atoms with E-state index in [-0.39, 0.29) is 11.9 Å². The molecule has 0 aliphatic carbocycles. The molecule has 0 radical (unpaired) electrons. The Morgan fingerprint density at radius 1 is 1.07 bits per heavy atom. The molecule has 2 aliphatic rings. The van der Waals surface area contributed by atoms with Crippen molar-refractivity contribution in [3.63, 3.8) is 0 Å². The maximum atomic E-state index is 12.0. The highest BCUT2D eigenvalue weighted by Gasteiger charge is 2.25. The van der Waals surface area contributed by atoms with E-state index in [1.54, 1.807) is 4.90 Å². The summed E-state index contributed by atoms with van der Waals surface area (Å²) >= 11 is 0. The quantitative estimate of drug-likeness (QED) is 0.614. The van der Waals surface area contributed by atoms with Gasteiger partial charge in [-0.25, -0.2) is 4.79 Å². The van der Waals surface area contributed by atoms with Gasteiger partial charge in [0.15, 0.2) is 0 Å². The summed E-state index contributed by atoms with van der Waals surface area (Å²) in [4.78, 5) is 26.7. The Hall–Kier alpha value is -1.26. The van der Waals surface area contributed by atoms with Crippen molar-refractivity contribution >= 4 is 11.9 Å². The van der Waals surface area contributed by atoms with Crippen LogP contribution in [0.2, 0.25) is 0 Å². The highest BCUT2D eigenvalue weighted by Crippen LogP contribution is 2.11. The molecular weight excluding hydrogens is 194 g/mol. The van der Waals surface area contributed by atoms with Crippen LogP contribution in [-0.2, 0) is 4.79 Å². The van der Waals surface area contributed by atoms with Gasteiger partial charge in [-0.1, -0.05) is 0 Å². The van der Waals surface area contributed by atoms with Crippen LogP contribution in [0.15, 0.2) is 0 Å². The zero-order valence-corrected chi connectivity index (χ0v) is 8.87. The molecule has 0 spiro atoms. The monoisotopic (exact) mass is 211 g/mol. The van der Waals surface area contributed by atoms with Crippen LogP contribution in [0.5, 0.6) is 0 Å². The van der Waals surface area contributed by atoms with Crippen LogP contribution in [0.1, 0.15) is 19.3 Å². The summed E-state index contributed by atoms with van der Waals surface area (Å²) in [5, 5.41) is 2.77. The van der Waals surface area contributed by atoms with Crippen molar-refractivity contribution in [2.45, 2.75) is 19.3 Å². The van der Waals surface area contributed by atoms with E-state index in [2.05, 4.69) is 5.32 Å². The van der Waals surface area contributed by atoms with E-state index in [1.165, 1.54) is 0 Å². The second-order valence-corrected chi connectivity index (χ2v) is 4.06. The molecule has 84 valence electrons. The smallest absolute Gasteiger partial charge is 0.320 e. The zero-order chi connectivity index (χ0) is 10.7. The summed E-state index contributed by atoms with van der Waals surface area (Å²) in [5.74, 6) is 0.0479. The summed E-state index contributed by atoms with van der Waals surface area (Å²) in [6.07, 6.45) is 2.65. The summed E-state index contributed by atoms with van der Waals surface area (Å²) in [6, 6.07) is 0.101. The fraction of sp³-hybridized carbons (Fsp3) is 0.800. The fourth-order valence-electron chi connectivity index (χ4n) is 2.07. The standard InChI is InChI=1S/C10H17N3O2/c14-9-3-7-13(8-4-11-9)10(15)12-5-1-2-6-12/h1-8H2,(H,11,14). The summed E-state index contributed by atoms with van der Waals surface area (Å²) < 4.78 is 0. The SMILES string of the molecule is O=C1CCN(C(=O)N2CCCC2)CCN1. The molecule has 2 rings (SSSR count).